The maximum absolute atomic E-state index is 9.35. The van der Waals surface area contributed by atoms with Crippen LogP contribution < -0.4 is 0 Å². The van der Waals surface area contributed by atoms with Gasteiger partial charge >= 0.3 is 0 Å². The molecule has 1 atom stereocenters. The molecule has 1 heterocycles. The predicted octanol–water partition coefficient (Wildman–Crippen LogP) is 0.629. The molecule has 10 heavy (non-hydrogen) atoms. The summed E-state index contributed by atoms with van der Waals surface area (Å²) in [6, 6.07) is 0. The van der Waals surface area contributed by atoms with Gasteiger partial charge in [-0.05, 0) is 20.4 Å². The van der Waals surface area contributed by atoms with Crippen molar-refractivity contribution in [3.05, 3.63) is 11.6 Å². The van der Waals surface area contributed by atoms with Gasteiger partial charge < -0.3 is 10.0 Å². The third kappa shape index (κ3) is 2.12. The number of aliphatic hydroxyl groups excluding tert-OH is 1. The number of likely N-dealkylation sites (N-methyl/N-ethyl adjacent to an activating group) is 1. The minimum Gasteiger partial charge on any atom is -0.391 e. The second-order valence-corrected chi connectivity index (χ2v) is 3.13. The van der Waals surface area contributed by atoms with Crippen LogP contribution in [-0.2, 0) is 0 Å². The summed E-state index contributed by atoms with van der Waals surface area (Å²) in [5.74, 6) is 0. The van der Waals surface area contributed by atoms with Crippen molar-refractivity contribution in [3.8, 4) is 0 Å². The van der Waals surface area contributed by atoms with Crippen LogP contribution in [0.5, 0.6) is 0 Å². The Bertz CT molecular complexity index is 142. The van der Waals surface area contributed by atoms with E-state index in [2.05, 4.69) is 17.9 Å². The van der Waals surface area contributed by atoms with Gasteiger partial charge in [-0.3, -0.25) is 0 Å². The van der Waals surface area contributed by atoms with E-state index in [4.69, 9.17) is 0 Å². The topological polar surface area (TPSA) is 23.5 Å². The highest BCUT2D eigenvalue weighted by Crippen LogP contribution is 2.09. The first kappa shape index (κ1) is 7.76. The molecule has 0 amide bonds. The standard InChI is InChI=1S/C8H15NO/c1-7-3-4-9(2)6-8(10)5-7/h3,8,10H,4-6H2,1-2H3. The zero-order valence-electron chi connectivity index (χ0n) is 6.67. The number of rotatable bonds is 0. The largest absolute Gasteiger partial charge is 0.391 e. The Labute approximate surface area is 62.2 Å². The monoisotopic (exact) mass is 141 g/mol. The number of aliphatic hydroxyl groups is 1. The third-order valence-corrected chi connectivity index (χ3v) is 1.83. The van der Waals surface area contributed by atoms with Crippen molar-refractivity contribution in [2.24, 2.45) is 0 Å². The molecule has 0 spiro atoms. The van der Waals surface area contributed by atoms with Crippen LogP contribution in [-0.4, -0.2) is 36.2 Å². The Morgan fingerprint density at radius 2 is 2.40 bits per heavy atom. The van der Waals surface area contributed by atoms with E-state index in [-0.39, 0.29) is 6.10 Å². The van der Waals surface area contributed by atoms with Gasteiger partial charge in [-0.2, -0.15) is 0 Å². The Hall–Kier alpha value is -0.340. The van der Waals surface area contributed by atoms with Crippen LogP contribution in [0.3, 0.4) is 0 Å². The van der Waals surface area contributed by atoms with Gasteiger partial charge in [0.25, 0.3) is 0 Å². The summed E-state index contributed by atoms with van der Waals surface area (Å²) >= 11 is 0. The molecule has 2 heteroatoms. The van der Waals surface area contributed by atoms with Crippen molar-refractivity contribution in [1.29, 1.82) is 0 Å². The predicted molar refractivity (Wildman–Crippen MR) is 41.9 cm³/mol. The van der Waals surface area contributed by atoms with Crippen molar-refractivity contribution >= 4 is 0 Å². The zero-order valence-corrected chi connectivity index (χ0v) is 6.67. The lowest BCUT2D eigenvalue weighted by Crippen LogP contribution is -2.27. The number of hydrogen-bond acceptors (Lipinski definition) is 2. The minimum absolute atomic E-state index is 0.163. The zero-order chi connectivity index (χ0) is 7.56. The molecule has 0 saturated carbocycles. The van der Waals surface area contributed by atoms with E-state index in [1.807, 2.05) is 7.05 Å². The quantitative estimate of drug-likeness (QED) is 0.500. The van der Waals surface area contributed by atoms with Crippen molar-refractivity contribution in [2.75, 3.05) is 20.1 Å². The molecule has 1 aliphatic heterocycles. The lowest BCUT2D eigenvalue weighted by Gasteiger charge is -2.14. The molecule has 58 valence electrons. The maximum Gasteiger partial charge on any atom is 0.0704 e. The molecule has 0 aromatic carbocycles. The molecule has 0 aromatic heterocycles. The molecule has 1 unspecified atom stereocenters. The van der Waals surface area contributed by atoms with E-state index >= 15 is 0 Å². The van der Waals surface area contributed by atoms with E-state index in [1.165, 1.54) is 5.57 Å². The van der Waals surface area contributed by atoms with Gasteiger partial charge in [-0.25, -0.2) is 0 Å². The van der Waals surface area contributed by atoms with Gasteiger partial charge in [-0.1, -0.05) is 11.6 Å². The Morgan fingerprint density at radius 1 is 1.70 bits per heavy atom. The first-order valence-corrected chi connectivity index (χ1v) is 3.70. The Balaban J connectivity index is 2.53. The summed E-state index contributed by atoms with van der Waals surface area (Å²) in [6.45, 7) is 3.85. The summed E-state index contributed by atoms with van der Waals surface area (Å²) in [6.07, 6.45) is 2.85. The highest BCUT2D eigenvalue weighted by Gasteiger charge is 2.11. The molecule has 1 aliphatic rings. The Morgan fingerprint density at radius 3 is 3.10 bits per heavy atom. The summed E-state index contributed by atoms with van der Waals surface area (Å²) in [7, 11) is 2.03. The smallest absolute Gasteiger partial charge is 0.0704 e. The fraction of sp³-hybridized carbons (Fsp3) is 0.750. The molecule has 0 radical (unpaired) electrons. The molecule has 0 fully saturated rings. The van der Waals surface area contributed by atoms with Crippen LogP contribution in [0.4, 0.5) is 0 Å². The highest BCUT2D eigenvalue weighted by atomic mass is 16.3. The lowest BCUT2D eigenvalue weighted by atomic mass is 10.1. The van der Waals surface area contributed by atoms with Gasteiger partial charge in [0.05, 0.1) is 6.10 Å². The summed E-state index contributed by atoms with van der Waals surface area (Å²) in [5.41, 5.74) is 1.30. The summed E-state index contributed by atoms with van der Waals surface area (Å²) in [4.78, 5) is 2.13. The lowest BCUT2D eigenvalue weighted by molar-refractivity contribution is 0.136. The molecule has 2 nitrogen and oxygen atoms in total. The van der Waals surface area contributed by atoms with Gasteiger partial charge in [0.15, 0.2) is 0 Å². The van der Waals surface area contributed by atoms with Gasteiger partial charge in [0.2, 0.25) is 0 Å². The van der Waals surface area contributed by atoms with E-state index in [1.54, 1.807) is 0 Å². The molecule has 0 aromatic rings. The fourth-order valence-corrected chi connectivity index (χ4v) is 1.27. The molecular formula is C8H15NO. The van der Waals surface area contributed by atoms with Gasteiger partial charge in [0, 0.05) is 13.1 Å². The second-order valence-electron chi connectivity index (χ2n) is 3.13. The molecule has 1 rings (SSSR count). The van der Waals surface area contributed by atoms with E-state index in [0.717, 1.165) is 19.5 Å². The highest BCUT2D eigenvalue weighted by molar-refractivity contribution is 5.03. The summed E-state index contributed by atoms with van der Waals surface area (Å²) < 4.78 is 0. The van der Waals surface area contributed by atoms with Crippen LogP contribution in [0.25, 0.3) is 0 Å². The average Bonchev–Trinajstić information content (AvgIpc) is 1.93. The van der Waals surface area contributed by atoms with Crippen molar-refractivity contribution in [1.82, 2.24) is 4.90 Å². The third-order valence-electron chi connectivity index (χ3n) is 1.83. The fourth-order valence-electron chi connectivity index (χ4n) is 1.27. The van der Waals surface area contributed by atoms with Gasteiger partial charge in [-0.15, -0.1) is 0 Å². The number of nitrogens with zero attached hydrogens (tertiary/aromatic N) is 1. The van der Waals surface area contributed by atoms with Crippen molar-refractivity contribution < 1.29 is 5.11 Å². The van der Waals surface area contributed by atoms with Crippen molar-refractivity contribution in [3.63, 3.8) is 0 Å². The normalized spacial score (nSPS) is 29.5. The molecule has 0 saturated heterocycles. The molecular weight excluding hydrogens is 126 g/mol. The minimum atomic E-state index is -0.163. The van der Waals surface area contributed by atoms with Gasteiger partial charge in [0.1, 0.15) is 0 Å². The number of β-amino-alcohol motifs (C(OH)–C–C–N with tert-alkyl or cyclic N) is 1. The molecule has 1 N–H and O–H groups in total. The maximum atomic E-state index is 9.35. The number of hydrogen-bond donors (Lipinski definition) is 1. The van der Waals surface area contributed by atoms with E-state index in [9.17, 15) is 5.11 Å². The van der Waals surface area contributed by atoms with Crippen LogP contribution in [0.15, 0.2) is 11.6 Å². The van der Waals surface area contributed by atoms with Crippen LogP contribution in [0.1, 0.15) is 13.3 Å². The van der Waals surface area contributed by atoms with Crippen molar-refractivity contribution in [2.45, 2.75) is 19.4 Å². The molecule has 0 aliphatic carbocycles. The second kappa shape index (κ2) is 3.17. The van der Waals surface area contributed by atoms with E-state index < -0.39 is 0 Å². The van der Waals surface area contributed by atoms with Crippen LogP contribution in [0.2, 0.25) is 0 Å². The van der Waals surface area contributed by atoms with Crippen LogP contribution in [0, 0.1) is 0 Å². The molecule has 0 bridgehead atoms. The first-order valence-electron chi connectivity index (χ1n) is 3.70. The first-order chi connectivity index (χ1) is 4.68. The van der Waals surface area contributed by atoms with Crippen LogP contribution >= 0.6 is 0 Å². The average molecular weight is 141 g/mol. The van der Waals surface area contributed by atoms with E-state index in [0.29, 0.717) is 0 Å². The Kier molecular flexibility index (Phi) is 2.46. The summed E-state index contributed by atoms with van der Waals surface area (Å²) in [5, 5.41) is 9.35. The SMILES string of the molecule is CC1=CCN(C)CC(O)C1.